The summed E-state index contributed by atoms with van der Waals surface area (Å²) < 4.78 is 5.46. The zero-order valence-corrected chi connectivity index (χ0v) is 14.2. The number of halogens is 2. The van der Waals surface area contributed by atoms with Crippen LogP contribution in [0.1, 0.15) is 29.9 Å². The van der Waals surface area contributed by atoms with Gasteiger partial charge in [0.1, 0.15) is 12.3 Å². The third-order valence-electron chi connectivity index (χ3n) is 2.94. The molecular weight excluding hydrogens is 339 g/mol. The van der Waals surface area contributed by atoms with Crippen molar-refractivity contribution in [2.75, 3.05) is 0 Å². The molecule has 7 heteroatoms. The van der Waals surface area contributed by atoms with Gasteiger partial charge in [-0.25, -0.2) is 0 Å². The van der Waals surface area contributed by atoms with Crippen molar-refractivity contribution in [2.45, 2.75) is 26.5 Å². The first-order valence-electron chi connectivity index (χ1n) is 6.97. The first kappa shape index (κ1) is 17.4. The van der Waals surface area contributed by atoms with Gasteiger partial charge in [0.25, 0.3) is 5.91 Å². The summed E-state index contributed by atoms with van der Waals surface area (Å²) in [6.07, 6.45) is 1.36. The van der Waals surface area contributed by atoms with Crippen LogP contribution in [-0.4, -0.2) is 16.9 Å². The summed E-state index contributed by atoms with van der Waals surface area (Å²) in [5.41, 5.74) is 0.500. The van der Waals surface area contributed by atoms with E-state index in [0.29, 0.717) is 15.6 Å². The van der Waals surface area contributed by atoms with E-state index in [2.05, 4.69) is 10.3 Å². The Balaban J connectivity index is 2.09. The largest absolute Gasteiger partial charge is 0.483 e. The van der Waals surface area contributed by atoms with Gasteiger partial charge in [-0.3, -0.25) is 9.59 Å². The second-order valence-electron chi connectivity index (χ2n) is 5.23. The molecule has 0 saturated heterocycles. The molecule has 2 aromatic rings. The van der Waals surface area contributed by atoms with Crippen LogP contribution in [0.15, 0.2) is 35.3 Å². The predicted molar refractivity (Wildman–Crippen MR) is 90.5 cm³/mol. The Labute approximate surface area is 143 Å². The van der Waals surface area contributed by atoms with Gasteiger partial charge >= 0.3 is 0 Å². The lowest BCUT2D eigenvalue weighted by molar-refractivity contribution is 0.0938. The molecule has 0 aliphatic carbocycles. The van der Waals surface area contributed by atoms with Crippen molar-refractivity contribution in [3.8, 4) is 5.75 Å². The molecule has 1 heterocycles. The Kier molecular flexibility index (Phi) is 5.69. The summed E-state index contributed by atoms with van der Waals surface area (Å²) >= 11 is 11.9. The zero-order chi connectivity index (χ0) is 17.0. The third kappa shape index (κ3) is 4.74. The van der Waals surface area contributed by atoms with Crippen molar-refractivity contribution < 1.29 is 9.53 Å². The van der Waals surface area contributed by atoms with E-state index in [9.17, 15) is 9.59 Å². The fourth-order valence-electron chi connectivity index (χ4n) is 1.84. The van der Waals surface area contributed by atoms with E-state index in [1.54, 1.807) is 18.2 Å². The number of hydrogen-bond acceptors (Lipinski definition) is 3. The minimum atomic E-state index is -0.386. The quantitative estimate of drug-likeness (QED) is 0.864. The molecule has 0 aliphatic rings. The molecule has 0 saturated carbocycles. The molecule has 1 amide bonds. The zero-order valence-electron chi connectivity index (χ0n) is 12.7. The summed E-state index contributed by atoms with van der Waals surface area (Å²) in [7, 11) is 0. The van der Waals surface area contributed by atoms with Crippen molar-refractivity contribution in [3.63, 3.8) is 0 Å². The lowest BCUT2D eigenvalue weighted by Crippen LogP contribution is -2.31. The van der Waals surface area contributed by atoms with Crippen molar-refractivity contribution in [2.24, 2.45) is 0 Å². The number of ether oxygens (including phenoxy) is 1. The normalized spacial score (nSPS) is 10.7. The van der Waals surface area contributed by atoms with Crippen LogP contribution < -0.4 is 15.5 Å². The first-order chi connectivity index (χ1) is 10.9. The van der Waals surface area contributed by atoms with E-state index >= 15 is 0 Å². The molecule has 0 spiro atoms. The van der Waals surface area contributed by atoms with Gasteiger partial charge in [0, 0.05) is 33.9 Å². The van der Waals surface area contributed by atoms with Gasteiger partial charge in [-0.1, -0.05) is 29.3 Å². The van der Waals surface area contributed by atoms with Crippen LogP contribution in [0.4, 0.5) is 0 Å². The lowest BCUT2D eigenvalue weighted by atomic mass is 10.2. The maximum absolute atomic E-state index is 12.0. The fourth-order valence-corrected chi connectivity index (χ4v) is 2.30. The summed E-state index contributed by atoms with van der Waals surface area (Å²) in [4.78, 5) is 26.6. The maximum atomic E-state index is 12.0. The number of nitrogens with one attached hydrogen (secondary N) is 2. The standard InChI is InChI=1S/C16H16Cl2N2O3/c1-9(2)20-16(22)13-6-14(21)15(7-19-13)23-8-10-3-4-11(17)5-12(10)18/h3-7,9H,8H2,1-2H3,(H,19,21)(H,20,22). The molecule has 1 aromatic carbocycles. The van der Waals surface area contributed by atoms with E-state index < -0.39 is 0 Å². The van der Waals surface area contributed by atoms with Gasteiger partial charge < -0.3 is 15.0 Å². The second kappa shape index (κ2) is 7.53. The van der Waals surface area contributed by atoms with Crippen molar-refractivity contribution in [3.05, 3.63) is 62.0 Å². The van der Waals surface area contributed by atoms with Crippen LogP contribution in [0.3, 0.4) is 0 Å². The van der Waals surface area contributed by atoms with E-state index in [1.807, 2.05) is 13.8 Å². The Morgan fingerprint density at radius 1 is 1.30 bits per heavy atom. The van der Waals surface area contributed by atoms with Crippen LogP contribution in [0.5, 0.6) is 5.75 Å². The molecule has 23 heavy (non-hydrogen) atoms. The number of pyridine rings is 1. The fraction of sp³-hybridized carbons (Fsp3) is 0.250. The molecule has 0 atom stereocenters. The van der Waals surface area contributed by atoms with E-state index in [-0.39, 0.29) is 35.4 Å². The Morgan fingerprint density at radius 3 is 2.65 bits per heavy atom. The molecule has 122 valence electrons. The van der Waals surface area contributed by atoms with Gasteiger partial charge in [-0.2, -0.15) is 0 Å². The minimum absolute atomic E-state index is 0.0195. The predicted octanol–water partition coefficient (Wildman–Crippen LogP) is 3.40. The van der Waals surface area contributed by atoms with Crippen LogP contribution in [0.2, 0.25) is 10.0 Å². The highest BCUT2D eigenvalue weighted by Gasteiger charge is 2.11. The Morgan fingerprint density at radius 2 is 2.04 bits per heavy atom. The molecule has 5 nitrogen and oxygen atoms in total. The molecule has 0 aliphatic heterocycles. The summed E-state index contributed by atoms with van der Waals surface area (Å²) in [6.45, 7) is 3.79. The highest BCUT2D eigenvalue weighted by atomic mass is 35.5. The monoisotopic (exact) mass is 354 g/mol. The Bertz CT molecular complexity index is 772. The minimum Gasteiger partial charge on any atom is -0.483 e. The van der Waals surface area contributed by atoms with Gasteiger partial charge in [-0.05, 0) is 26.0 Å². The van der Waals surface area contributed by atoms with Gasteiger partial charge in [0.05, 0.1) is 0 Å². The average molecular weight is 355 g/mol. The highest BCUT2D eigenvalue weighted by molar-refractivity contribution is 6.35. The van der Waals surface area contributed by atoms with E-state index in [1.165, 1.54) is 12.3 Å². The van der Waals surface area contributed by atoms with Crippen molar-refractivity contribution in [1.82, 2.24) is 10.3 Å². The number of amides is 1. The highest BCUT2D eigenvalue weighted by Crippen LogP contribution is 2.21. The van der Waals surface area contributed by atoms with Crippen LogP contribution in [-0.2, 0) is 6.61 Å². The summed E-state index contributed by atoms with van der Waals surface area (Å²) in [5, 5.41) is 3.68. The molecule has 0 unspecified atom stereocenters. The first-order valence-corrected chi connectivity index (χ1v) is 7.72. The van der Waals surface area contributed by atoms with Crippen LogP contribution >= 0.6 is 23.2 Å². The molecular formula is C16H16Cl2N2O3. The number of hydrogen-bond donors (Lipinski definition) is 2. The average Bonchev–Trinajstić information content (AvgIpc) is 2.46. The SMILES string of the molecule is CC(C)NC(=O)c1cc(=O)c(OCc2ccc(Cl)cc2Cl)c[nH]1. The van der Waals surface area contributed by atoms with Gasteiger partial charge in [0.15, 0.2) is 5.75 Å². The summed E-state index contributed by atoms with van der Waals surface area (Å²) in [6, 6.07) is 6.20. The Hall–Kier alpha value is -1.98. The van der Waals surface area contributed by atoms with E-state index in [0.717, 1.165) is 0 Å². The molecule has 0 fully saturated rings. The molecule has 0 bridgehead atoms. The number of benzene rings is 1. The molecule has 2 N–H and O–H groups in total. The van der Waals surface area contributed by atoms with Gasteiger partial charge in [-0.15, -0.1) is 0 Å². The second-order valence-corrected chi connectivity index (χ2v) is 6.07. The summed E-state index contributed by atoms with van der Waals surface area (Å²) in [5.74, 6) is -0.235. The number of carbonyl (C=O) groups is 1. The van der Waals surface area contributed by atoms with Crippen LogP contribution in [0, 0.1) is 0 Å². The number of aromatic amines is 1. The number of rotatable bonds is 5. The number of aromatic nitrogens is 1. The van der Waals surface area contributed by atoms with E-state index in [4.69, 9.17) is 27.9 Å². The van der Waals surface area contributed by atoms with Crippen molar-refractivity contribution >= 4 is 29.1 Å². The third-order valence-corrected chi connectivity index (χ3v) is 3.53. The smallest absolute Gasteiger partial charge is 0.268 e. The maximum Gasteiger partial charge on any atom is 0.268 e. The number of H-pyrrole nitrogens is 1. The molecule has 2 rings (SSSR count). The lowest BCUT2D eigenvalue weighted by Gasteiger charge is -2.10. The topological polar surface area (TPSA) is 71.2 Å². The van der Waals surface area contributed by atoms with Crippen LogP contribution in [0.25, 0.3) is 0 Å². The van der Waals surface area contributed by atoms with Gasteiger partial charge in [0.2, 0.25) is 5.43 Å². The molecule has 1 aromatic heterocycles. The number of carbonyl (C=O) groups excluding carboxylic acids is 1. The molecule has 0 radical (unpaired) electrons. The van der Waals surface area contributed by atoms with Crippen molar-refractivity contribution in [1.29, 1.82) is 0 Å².